The summed E-state index contributed by atoms with van der Waals surface area (Å²) in [5.74, 6) is 0.580. The number of hydrogen-bond acceptors (Lipinski definition) is 2. The molecule has 1 saturated carbocycles. The molecule has 0 saturated heterocycles. The topological polar surface area (TPSA) is 17.1 Å². The summed E-state index contributed by atoms with van der Waals surface area (Å²) in [4.78, 5) is 13.9. The minimum Gasteiger partial charge on any atom is -0.293 e. The molecule has 3 rings (SSSR count). The van der Waals surface area contributed by atoms with E-state index in [1.54, 1.807) is 11.3 Å². The van der Waals surface area contributed by atoms with Crippen LogP contribution in [0.5, 0.6) is 0 Å². The number of carbonyl (C=O) groups is 1. The molecule has 1 nitrogen and oxygen atoms in total. The highest BCUT2D eigenvalue weighted by atomic mass is 127. The summed E-state index contributed by atoms with van der Waals surface area (Å²) in [5.41, 5.74) is 1.01. The Morgan fingerprint density at radius 3 is 2.72 bits per heavy atom. The number of thiophene rings is 1. The van der Waals surface area contributed by atoms with Gasteiger partial charge in [0.15, 0.2) is 5.78 Å². The van der Waals surface area contributed by atoms with Crippen LogP contribution in [0.25, 0.3) is 10.4 Å². The SMILES string of the molecule is O=C(c1ccc(-c2ccc(I)cc2Cl)s1)C1CC1. The van der Waals surface area contributed by atoms with Gasteiger partial charge in [0.1, 0.15) is 0 Å². The van der Waals surface area contributed by atoms with Gasteiger partial charge in [-0.2, -0.15) is 0 Å². The third-order valence-electron chi connectivity index (χ3n) is 2.99. The van der Waals surface area contributed by atoms with E-state index in [0.29, 0.717) is 5.78 Å². The second-order valence-electron chi connectivity index (χ2n) is 4.43. The zero-order valence-electron chi connectivity index (χ0n) is 9.45. The standard InChI is InChI=1S/C14H10ClIOS/c15-11-7-9(16)3-4-10(11)12-5-6-13(18-12)14(17)8-1-2-8/h3-8H,1-2H2. The fourth-order valence-corrected chi connectivity index (χ4v) is 3.93. The first-order valence-electron chi connectivity index (χ1n) is 5.74. The largest absolute Gasteiger partial charge is 0.293 e. The Morgan fingerprint density at radius 2 is 2.06 bits per heavy atom. The van der Waals surface area contributed by atoms with E-state index in [0.717, 1.165) is 36.8 Å². The van der Waals surface area contributed by atoms with E-state index in [2.05, 4.69) is 22.6 Å². The molecule has 1 heterocycles. The molecule has 1 fully saturated rings. The Kier molecular flexibility index (Phi) is 3.47. The van der Waals surface area contributed by atoms with Gasteiger partial charge < -0.3 is 0 Å². The van der Waals surface area contributed by atoms with Crippen LogP contribution in [-0.2, 0) is 0 Å². The molecule has 0 N–H and O–H groups in total. The molecule has 0 amide bonds. The van der Waals surface area contributed by atoms with E-state index >= 15 is 0 Å². The molecule has 2 aromatic rings. The minimum atomic E-state index is 0.281. The van der Waals surface area contributed by atoms with Crippen LogP contribution < -0.4 is 0 Å². The molecular weight excluding hydrogens is 379 g/mol. The van der Waals surface area contributed by atoms with Gasteiger partial charge in [0.2, 0.25) is 0 Å². The van der Waals surface area contributed by atoms with E-state index in [9.17, 15) is 4.79 Å². The quantitative estimate of drug-likeness (QED) is 0.517. The summed E-state index contributed by atoms with van der Waals surface area (Å²) in [6.07, 6.45) is 2.10. The van der Waals surface area contributed by atoms with Crippen LogP contribution in [0.2, 0.25) is 5.02 Å². The Bertz CT molecular complexity index is 616. The van der Waals surface area contributed by atoms with Gasteiger partial charge in [0, 0.05) is 19.9 Å². The molecule has 1 aromatic heterocycles. The maximum Gasteiger partial charge on any atom is 0.175 e. The van der Waals surface area contributed by atoms with Gasteiger partial charge in [-0.25, -0.2) is 0 Å². The van der Waals surface area contributed by atoms with E-state index < -0.39 is 0 Å². The minimum absolute atomic E-state index is 0.281. The predicted octanol–water partition coefficient (Wildman–Crippen LogP) is 5.27. The van der Waals surface area contributed by atoms with E-state index in [-0.39, 0.29) is 5.92 Å². The molecule has 1 aromatic carbocycles. The highest BCUT2D eigenvalue weighted by molar-refractivity contribution is 14.1. The van der Waals surface area contributed by atoms with Gasteiger partial charge in [-0.1, -0.05) is 17.7 Å². The van der Waals surface area contributed by atoms with Crippen molar-refractivity contribution in [1.82, 2.24) is 0 Å². The summed E-state index contributed by atoms with van der Waals surface area (Å²) in [5, 5.41) is 0.745. The van der Waals surface area contributed by atoms with Crippen LogP contribution in [0.1, 0.15) is 22.5 Å². The van der Waals surface area contributed by atoms with Crippen molar-refractivity contribution in [2.45, 2.75) is 12.8 Å². The van der Waals surface area contributed by atoms with E-state index in [4.69, 9.17) is 11.6 Å². The van der Waals surface area contributed by atoms with Crippen molar-refractivity contribution >= 4 is 51.3 Å². The van der Waals surface area contributed by atoms with Gasteiger partial charge in [0.25, 0.3) is 0 Å². The lowest BCUT2D eigenvalue weighted by Gasteiger charge is -2.01. The molecule has 0 bridgehead atoms. The maximum absolute atomic E-state index is 12.0. The molecule has 0 unspecified atom stereocenters. The number of carbonyl (C=O) groups excluding carboxylic acids is 1. The van der Waals surface area contributed by atoms with Crippen molar-refractivity contribution in [3.8, 4) is 10.4 Å². The van der Waals surface area contributed by atoms with Gasteiger partial charge in [-0.05, 0) is 59.7 Å². The van der Waals surface area contributed by atoms with Crippen LogP contribution in [0.4, 0.5) is 0 Å². The van der Waals surface area contributed by atoms with Gasteiger partial charge in [-0.15, -0.1) is 11.3 Å². The zero-order valence-corrected chi connectivity index (χ0v) is 13.2. The highest BCUT2D eigenvalue weighted by Crippen LogP contribution is 2.38. The van der Waals surface area contributed by atoms with Crippen molar-refractivity contribution in [1.29, 1.82) is 0 Å². The van der Waals surface area contributed by atoms with Gasteiger partial charge >= 0.3 is 0 Å². The second-order valence-corrected chi connectivity index (χ2v) is 7.16. The molecule has 0 aliphatic heterocycles. The number of Topliss-reactive ketones (excluding diaryl/α,β-unsaturated/α-hetero) is 1. The number of rotatable bonds is 3. The monoisotopic (exact) mass is 388 g/mol. The van der Waals surface area contributed by atoms with Crippen LogP contribution >= 0.6 is 45.5 Å². The summed E-state index contributed by atoms with van der Waals surface area (Å²) < 4.78 is 1.12. The van der Waals surface area contributed by atoms with Crippen molar-refractivity contribution in [3.05, 3.63) is 43.8 Å². The van der Waals surface area contributed by atoms with Gasteiger partial charge in [-0.3, -0.25) is 4.79 Å². The summed E-state index contributed by atoms with van der Waals surface area (Å²) in [7, 11) is 0. The number of ketones is 1. The Labute approximate surface area is 128 Å². The molecule has 1 aliphatic rings. The third kappa shape index (κ3) is 2.49. The molecule has 18 heavy (non-hydrogen) atoms. The molecule has 4 heteroatoms. The lowest BCUT2D eigenvalue weighted by atomic mass is 10.2. The smallest absolute Gasteiger partial charge is 0.175 e. The first-order valence-corrected chi connectivity index (χ1v) is 8.02. The molecule has 0 atom stereocenters. The lowest BCUT2D eigenvalue weighted by Crippen LogP contribution is -1.96. The van der Waals surface area contributed by atoms with E-state index in [1.165, 1.54) is 0 Å². The first kappa shape index (κ1) is 12.6. The normalized spacial score (nSPS) is 14.8. The van der Waals surface area contributed by atoms with Crippen molar-refractivity contribution in [2.24, 2.45) is 5.92 Å². The van der Waals surface area contributed by atoms with E-state index in [1.807, 2.05) is 30.3 Å². The molecule has 1 aliphatic carbocycles. The van der Waals surface area contributed by atoms with Crippen molar-refractivity contribution < 1.29 is 4.79 Å². The summed E-state index contributed by atoms with van der Waals surface area (Å²) in [6.45, 7) is 0. The van der Waals surface area contributed by atoms with Crippen LogP contribution in [0, 0.1) is 9.49 Å². The van der Waals surface area contributed by atoms with Crippen LogP contribution in [0.15, 0.2) is 30.3 Å². The lowest BCUT2D eigenvalue weighted by molar-refractivity contribution is 0.0971. The Morgan fingerprint density at radius 1 is 1.28 bits per heavy atom. The van der Waals surface area contributed by atoms with Crippen molar-refractivity contribution in [3.63, 3.8) is 0 Å². The number of halogens is 2. The average Bonchev–Trinajstić information content (AvgIpc) is 3.07. The maximum atomic E-state index is 12.0. The predicted molar refractivity (Wildman–Crippen MR) is 84.5 cm³/mol. The zero-order chi connectivity index (χ0) is 12.7. The molecule has 0 radical (unpaired) electrons. The third-order valence-corrected chi connectivity index (χ3v) is 5.11. The second kappa shape index (κ2) is 4.94. The summed E-state index contributed by atoms with van der Waals surface area (Å²) in [6, 6.07) is 9.91. The number of hydrogen-bond donors (Lipinski definition) is 0. The number of benzene rings is 1. The first-order chi connectivity index (χ1) is 8.65. The fourth-order valence-electron chi connectivity index (χ4n) is 1.85. The molecule has 92 valence electrons. The molecule has 0 spiro atoms. The molecular formula is C14H10ClIOS. The van der Waals surface area contributed by atoms with Crippen LogP contribution in [-0.4, -0.2) is 5.78 Å². The summed E-state index contributed by atoms with van der Waals surface area (Å²) >= 11 is 10.0. The average molecular weight is 389 g/mol. The van der Waals surface area contributed by atoms with Gasteiger partial charge in [0.05, 0.1) is 9.90 Å². The Balaban J connectivity index is 1.94. The fraction of sp³-hybridized carbons (Fsp3) is 0.214. The van der Waals surface area contributed by atoms with Crippen molar-refractivity contribution in [2.75, 3.05) is 0 Å². The van der Waals surface area contributed by atoms with Crippen LogP contribution in [0.3, 0.4) is 0 Å². The Hall–Kier alpha value is -0.390. The highest BCUT2D eigenvalue weighted by Gasteiger charge is 2.31.